The fourth-order valence-electron chi connectivity index (χ4n) is 2.23. The van der Waals surface area contributed by atoms with Crippen LogP contribution in [-0.2, 0) is 11.3 Å². The Balaban J connectivity index is 2.08. The quantitative estimate of drug-likeness (QED) is 0.869. The minimum absolute atomic E-state index is 0.111. The SMILES string of the molecule is Cc1cnc(C(=O)N(CCC(=O)NC(C)(C)C)Cc2ccco2)cn1. The van der Waals surface area contributed by atoms with Gasteiger partial charge in [-0.1, -0.05) is 0 Å². The topological polar surface area (TPSA) is 88.3 Å². The highest BCUT2D eigenvalue weighted by Crippen LogP contribution is 2.10. The monoisotopic (exact) mass is 344 g/mol. The Kier molecular flexibility index (Phi) is 5.90. The van der Waals surface area contributed by atoms with E-state index in [0.29, 0.717) is 5.76 Å². The number of aromatic nitrogens is 2. The summed E-state index contributed by atoms with van der Waals surface area (Å²) in [6, 6.07) is 3.55. The molecule has 0 bridgehead atoms. The molecule has 0 spiro atoms. The van der Waals surface area contributed by atoms with E-state index in [9.17, 15) is 9.59 Å². The molecule has 134 valence electrons. The van der Waals surface area contributed by atoms with Gasteiger partial charge in [-0.3, -0.25) is 14.6 Å². The number of hydrogen-bond acceptors (Lipinski definition) is 5. The molecule has 0 aromatic carbocycles. The molecule has 7 heteroatoms. The maximum absolute atomic E-state index is 12.7. The van der Waals surface area contributed by atoms with Gasteiger partial charge in [0, 0.05) is 24.7 Å². The molecule has 2 amide bonds. The van der Waals surface area contributed by atoms with Crippen molar-refractivity contribution in [2.45, 2.75) is 46.2 Å². The number of carbonyl (C=O) groups excluding carboxylic acids is 2. The zero-order valence-corrected chi connectivity index (χ0v) is 15.1. The summed E-state index contributed by atoms with van der Waals surface area (Å²) in [6.45, 7) is 8.08. The summed E-state index contributed by atoms with van der Waals surface area (Å²) in [6.07, 6.45) is 4.74. The highest BCUT2D eigenvalue weighted by Gasteiger charge is 2.21. The number of furan rings is 1. The van der Waals surface area contributed by atoms with E-state index in [1.807, 2.05) is 20.8 Å². The lowest BCUT2D eigenvalue weighted by molar-refractivity contribution is -0.122. The van der Waals surface area contributed by atoms with E-state index in [2.05, 4.69) is 15.3 Å². The number of amides is 2. The Bertz CT molecular complexity index is 703. The second-order valence-electron chi connectivity index (χ2n) is 6.90. The van der Waals surface area contributed by atoms with Crippen LogP contribution < -0.4 is 5.32 Å². The van der Waals surface area contributed by atoms with Crippen molar-refractivity contribution in [2.75, 3.05) is 6.54 Å². The van der Waals surface area contributed by atoms with E-state index in [1.165, 1.54) is 6.20 Å². The van der Waals surface area contributed by atoms with Crippen molar-refractivity contribution in [3.63, 3.8) is 0 Å². The van der Waals surface area contributed by atoms with Crippen molar-refractivity contribution in [2.24, 2.45) is 0 Å². The van der Waals surface area contributed by atoms with Crippen LogP contribution >= 0.6 is 0 Å². The van der Waals surface area contributed by atoms with Gasteiger partial charge in [0.1, 0.15) is 11.5 Å². The van der Waals surface area contributed by atoms with Gasteiger partial charge in [-0.15, -0.1) is 0 Å². The number of rotatable bonds is 6. The summed E-state index contributed by atoms with van der Waals surface area (Å²) in [5.41, 5.74) is 0.669. The first-order valence-corrected chi connectivity index (χ1v) is 8.16. The van der Waals surface area contributed by atoms with Gasteiger partial charge >= 0.3 is 0 Å². The molecular weight excluding hydrogens is 320 g/mol. The third kappa shape index (κ3) is 6.02. The predicted molar refractivity (Wildman–Crippen MR) is 92.7 cm³/mol. The highest BCUT2D eigenvalue weighted by molar-refractivity contribution is 5.92. The van der Waals surface area contributed by atoms with Gasteiger partial charge < -0.3 is 14.6 Å². The Morgan fingerprint density at radius 1 is 1.24 bits per heavy atom. The maximum Gasteiger partial charge on any atom is 0.274 e. The van der Waals surface area contributed by atoms with E-state index in [1.54, 1.807) is 36.4 Å². The molecule has 0 saturated carbocycles. The fourth-order valence-corrected chi connectivity index (χ4v) is 2.23. The van der Waals surface area contributed by atoms with E-state index in [-0.39, 0.29) is 42.6 Å². The molecule has 2 aromatic heterocycles. The standard InChI is InChI=1S/C18H24N4O3/c1-13-10-20-15(11-19-13)17(24)22(12-14-6-5-9-25-14)8-7-16(23)21-18(2,3)4/h5-6,9-11H,7-8,12H2,1-4H3,(H,21,23). The third-order valence-corrected chi connectivity index (χ3v) is 3.34. The lowest BCUT2D eigenvalue weighted by atomic mass is 10.1. The molecule has 0 radical (unpaired) electrons. The van der Waals surface area contributed by atoms with E-state index >= 15 is 0 Å². The second kappa shape index (κ2) is 7.92. The summed E-state index contributed by atoms with van der Waals surface area (Å²) in [5.74, 6) is 0.247. The molecule has 0 aliphatic carbocycles. The van der Waals surface area contributed by atoms with Gasteiger partial charge in [-0.25, -0.2) is 4.98 Å². The van der Waals surface area contributed by atoms with Crippen LogP contribution in [0.5, 0.6) is 0 Å². The molecule has 2 rings (SSSR count). The Hall–Kier alpha value is -2.70. The normalized spacial score (nSPS) is 11.2. The first-order chi connectivity index (χ1) is 11.7. The van der Waals surface area contributed by atoms with Gasteiger partial charge in [0.2, 0.25) is 5.91 Å². The number of carbonyl (C=O) groups is 2. The molecule has 25 heavy (non-hydrogen) atoms. The van der Waals surface area contributed by atoms with E-state index < -0.39 is 0 Å². The average Bonchev–Trinajstić information content (AvgIpc) is 3.03. The largest absolute Gasteiger partial charge is 0.467 e. The first-order valence-electron chi connectivity index (χ1n) is 8.16. The number of hydrogen-bond donors (Lipinski definition) is 1. The van der Waals surface area contributed by atoms with Crippen molar-refractivity contribution in [3.05, 3.63) is 47.9 Å². The lowest BCUT2D eigenvalue weighted by Gasteiger charge is -2.24. The smallest absolute Gasteiger partial charge is 0.274 e. The van der Waals surface area contributed by atoms with Crippen molar-refractivity contribution >= 4 is 11.8 Å². The molecule has 2 heterocycles. The summed E-state index contributed by atoms with van der Waals surface area (Å²) in [4.78, 5) is 34.6. The Morgan fingerprint density at radius 2 is 2.00 bits per heavy atom. The molecule has 0 aliphatic heterocycles. The minimum atomic E-state index is -0.310. The lowest BCUT2D eigenvalue weighted by Crippen LogP contribution is -2.42. The van der Waals surface area contributed by atoms with Crippen LogP contribution in [0.1, 0.15) is 49.1 Å². The molecule has 7 nitrogen and oxygen atoms in total. The number of nitrogens with zero attached hydrogens (tertiary/aromatic N) is 3. The summed E-state index contributed by atoms with van der Waals surface area (Å²) in [5, 5.41) is 2.89. The Morgan fingerprint density at radius 3 is 2.56 bits per heavy atom. The molecule has 0 aliphatic rings. The number of aryl methyl sites for hydroxylation is 1. The van der Waals surface area contributed by atoms with Crippen molar-refractivity contribution in [1.29, 1.82) is 0 Å². The first kappa shape index (κ1) is 18.6. The molecule has 1 N–H and O–H groups in total. The predicted octanol–water partition coefficient (Wildman–Crippen LogP) is 2.33. The van der Waals surface area contributed by atoms with Crippen LogP contribution in [0.15, 0.2) is 35.2 Å². The van der Waals surface area contributed by atoms with Crippen molar-refractivity contribution in [1.82, 2.24) is 20.2 Å². The molecule has 0 atom stereocenters. The van der Waals surface area contributed by atoms with E-state index in [4.69, 9.17) is 4.42 Å². The van der Waals surface area contributed by atoms with Crippen LogP contribution in [0.4, 0.5) is 0 Å². The van der Waals surface area contributed by atoms with Crippen LogP contribution in [0, 0.1) is 6.92 Å². The molecular formula is C18H24N4O3. The summed E-state index contributed by atoms with van der Waals surface area (Å²) >= 11 is 0. The second-order valence-corrected chi connectivity index (χ2v) is 6.90. The van der Waals surface area contributed by atoms with Crippen molar-refractivity contribution < 1.29 is 14.0 Å². The summed E-state index contributed by atoms with van der Waals surface area (Å²) < 4.78 is 5.33. The van der Waals surface area contributed by atoms with Gasteiger partial charge in [0.25, 0.3) is 5.91 Å². The molecule has 0 unspecified atom stereocenters. The molecule has 0 fully saturated rings. The minimum Gasteiger partial charge on any atom is -0.467 e. The molecule has 2 aromatic rings. The fraction of sp³-hybridized carbons (Fsp3) is 0.444. The Labute approximate surface area is 147 Å². The average molecular weight is 344 g/mol. The zero-order valence-electron chi connectivity index (χ0n) is 15.1. The van der Waals surface area contributed by atoms with Crippen LogP contribution in [0.25, 0.3) is 0 Å². The maximum atomic E-state index is 12.7. The molecule has 0 saturated heterocycles. The van der Waals surface area contributed by atoms with Gasteiger partial charge in [0.15, 0.2) is 0 Å². The van der Waals surface area contributed by atoms with Gasteiger partial charge in [-0.05, 0) is 39.8 Å². The zero-order chi connectivity index (χ0) is 18.4. The van der Waals surface area contributed by atoms with Gasteiger partial charge in [0.05, 0.1) is 24.7 Å². The summed E-state index contributed by atoms with van der Waals surface area (Å²) in [7, 11) is 0. The van der Waals surface area contributed by atoms with Crippen LogP contribution in [0.2, 0.25) is 0 Å². The van der Waals surface area contributed by atoms with Crippen LogP contribution in [-0.4, -0.2) is 38.8 Å². The highest BCUT2D eigenvalue weighted by atomic mass is 16.3. The van der Waals surface area contributed by atoms with E-state index in [0.717, 1.165) is 5.69 Å². The van der Waals surface area contributed by atoms with Crippen molar-refractivity contribution in [3.8, 4) is 0 Å². The van der Waals surface area contributed by atoms with Crippen LogP contribution in [0.3, 0.4) is 0 Å². The van der Waals surface area contributed by atoms with Gasteiger partial charge in [-0.2, -0.15) is 0 Å². The number of nitrogens with one attached hydrogen (secondary N) is 1. The third-order valence-electron chi connectivity index (χ3n) is 3.34.